The number of hydrogen-bond donors (Lipinski definition) is 2. The number of rotatable bonds is 4. The minimum atomic E-state index is -0.338. The molecule has 2 aliphatic rings. The van der Waals surface area contributed by atoms with Crippen LogP contribution in [0.15, 0.2) is 33.4 Å². The average molecular weight is 416 g/mol. The Kier molecular flexibility index (Phi) is 5.00. The molecule has 7 heteroatoms. The molecule has 0 fully saturated rings. The summed E-state index contributed by atoms with van der Waals surface area (Å²) in [7, 11) is 0. The number of ketones is 1. The highest BCUT2D eigenvalue weighted by molar-refractivity contribution is 7.99. The number of carbonyl (C=O) groups excluding carboxylic acids is 1. The summed E-state index contributed by atoms with van der Waals surface area (Å²) in [6.07, 6.45) is 2.29. The summed E-state index contributed by atoms with van der Waals surface area (Å²) in [6, 6.07) is 4.09. The number of thioether (sulfide) groups is 1. The van der Waals surface area contributed by atoms with Crippen molar-refractivity contribution >= 4 is 34.7 Å². The first kappa shape index (κ1) is 19.5. The smallest absolute Gasteiger partial charge is 0.257 e. The molecule has 0 bridgehead atoms. The fourth-order valence-corrected chi connectivity index (χ4v) is 5.77. The van der Waals surface area contributed by atoms with Crippen LogP contribution >= 0.6 is 23.1 Å². The Hall–Kier alpha value is -1.86. The van der Waals surface area contributed by atoms with Crippen LogP contribution in [-0.2, 0) is 4.79 Å². The maximum absolute atomic E-state index is 13.1. The van der Waals surface area contributed by atoms with Crippen molar-refractivity contribution in [2.45, 2.75) is 58.0 Å². The van der Waals surface area contributed by atoms with Crippen molar-refractivity contribution < 1.29 is 4.79 Å². The molecule has 0 amide bonds. The minimum Gasteiger partial charge on any atom is -0.343 e. The van der Waals surface area contributed by atoms with Crippen LogP contribution in [0, 0.1) is 12.3 Å². The molecule has 3 heterocycles. The molecule has 148 valence electrons. The standard InChI is InChI=1S/C21H25N3O2S2/c1-5-8-27-20-23-18-17(19(26)24-20)16(14-7-6-11(2)28-14)15-12(22-18)9-21(3,4)10-13(15)25/h6-7,16H,5,8-10H2,1-4H3,(H2,22,23,24,26). The van der Waals surface area contributed by atoms with Gasteiger partial charge in [-0.3, -0.25) is 9.59 Å². The molecule has 0 saturated heterocycles. The number of aryl methyl sites for hydroxylation is 1. The van der Waals surface area contributed by atoms with Gasteiger partial charge in [0.05, 0.1) is 11.5 Å². The number of H-pyrrole nitrogens is 1. The van der Waals surface area contributed by atoms with Crippen molar-refractivity contribution in [2.24, 2.45) is 5.41 Å². The van der Waals surface area contributed by atoms with Gasteiger partial charge in [0.15, 0.2) is 10.9 Å². The molecule has 1 atom stereocenters. The zero-order chi connectivity index (χ0) is 20.1. The van der Waals surface area contributed by atoms with Gasteiger partial charge in [0.1, 0.15) is 5.82 Å². The Labute approximate surface area is 173 Å². The SMILES string of the molecule is CCCSc1nc2c(c(=O)[nH]1)C(c1ccc(C)s1)C1=C(CC(C)(C)CC1=O)N2. The number of thiophene rings is 1. The third-order valence-electron chi connectivity index (χ3n) is 5.19. The van der Waals surface area contributed by atoms with Gasteiger partial charge in [0, 0.05) is 33.2 Å². The van der Waals surface area contributed by atoms with Crippen molar-refractivity contribution in [2.75, 3.05) is 11.1 Å². The Morgan fingerprint density at radius 2 is 2.07 bits per heavy atom. The number of aromatic amines is 1. The van der Waals surface area contributed by atoms with Gasteiger partial charge in [-0.1, -0.05) is 32.5 Å². The highest BCUT2D eigenvalue weighted by atomic mass is 32.2. The topological polar surface area (TPSA) is 74.8 Å². The van der Waals surface area contributed by atoms with E-state index >= 15 is 0 Å². The number of fused-ring (bicyclic) bond motifs is 1. The molecule has 1 aliphatic carbocycles. The summed E-state index contributed by atoms with van der Waals surface area (Å²) in [5.41, 5.74) is 1.98. The van der Waals surface area contributed by atoms with Crippen molar-refractivity contribution in [3.63, 3.8) is 0 Å². The monoisotopic (exact) mass is 415 g/mol. The summed E-state index contributed by atoms with van der Waals surface area (Å²) in [5.74, 6) is 1.29. The first-order valence-electron chi connectivity index (χ1n) is 9.65. The number of nitrogens with one attached hydrogen (secondary N) is 2. The zero-order valence-corrected chi connectivity index (χ0v) is 18.3. The predicted octanol–water partition coefficient (Wildman–Crippen LogP) is 4.84. The van der Waals surface area contributed by atoms with Crippen molar-refractivity contribution in [1.82, 2.24) is 9.97 Å². The van der Waals surface area contributed by atoms with Gasteiger partial charge in [-0.05, 0) is 37.3 Å². The van der Waals surface area contributed by atoms with Crippen LogP contribution in [0.2, 0.25) is 0 Å². The molecule has 2 N–H and O–H groups in total. The number of aromatic nitrogens is 2. The fraction of sp³-hybridized carbons (Fsp3) is 0.476. The lowest BCUT2D eigenvalue weighted by molar-refractivity contribution is -0.118. The van der Waals surface area contributed by atoms with E-state index in [9.17, 15) is 9.59 Å². The van der Waals surface area contributed by atoms with Crippen LogP contribution in [-0.4, -0.2) is 21.5 Å². The van der Waals surface area contributed by atoms with Gasteiger partial charge in [0.2, 0.25) is 0 Å². The van der Waals surface area contributed by atoms with Gasteiger partial charge in [-0.15, -0.1) is 11.3 Å². The van der Waals surface area contributed by atoms with Gasteiger partial charge in [-0.25, -0.2) is 4.98 Å². The number of nitrogens with zero attached hydrogens (tertiary/aromatic N) is 1. The maximum Gasteiger partial charge on any atom is 0.257 e. The van der Waals surface area contributed by atoms with Crippen LogP contribution in [0.25, 0.3) is 0 Å². The Morgan fingerprint density at radius 1 is 1.29 bits per heavy atom. The Bertz CT molecular complexity index is 1030. The third-order valence-corrected chi connectivity index (χ3v) is 7.33. The predicted molar refractivity (Wildman–Crippen MR) is 115 cm³/mol. The van der Waals surface area contributed by atoms with E-state index in [1.807, 2.05) is 19.1 Å². The molecule has 0 saturated carbocycles. The normalized spacial score (nSPS) is 20.6. The molecule has 5 nitrogen and oxygen atoms in total. The summed E-state index contributed by atoms with van der Waals surface area (Å²) >= 11 is 3.19. The van der Waals surface area contributed by atoms with Crippen LogP contribution in [0.3, 0.4) is 0 Å². The van der Waals surface area contributed by atoms with E-state index in [1.54, 1.807) is 23.1 Å². The molecule has 28 heavy (non-hydrogen) atoms. The summed E-state index contributed by atoms with van der Waals surface area (Å²) < 4.78 is 0. The van der Waals surface area contributed by atoms with Crippen LogP contribution in [0.1, 0.15) is 61.3 Å². The lowest BCUT2D eigenvalue weighted by Gasteiger charge is -2.38. The van der Waals surface area contributed by atoms with E-state index < -0.39 is 0 Å². The number of Topliss-reactive ketones (excluding diaryl/α,β-unsaturated/α-hetero) is 1. The van der Waals surface area contributed by atoms with Crippen LogP contribution in [0.4, 0.5) is 5.82 Å². The molecule has 0 spiro atoms. The van der Waals surface area contributed by atoms with Crippen LogP contribution in [0.5, 0.6) is 0 Å². The number of allylic oxidation sites excluding steroid dienone is 2. The number of anilines is 1. The minimum absolute atomic E-state index is 0.0999. The molecule has 4 rings (SSSR count). The van der Waals surface area contributed by atoms with E-state index in [2.05, 4.69) is 31.1 Å². The molecular formula is C21H25N3O2S2. The van der Waals surface area contributed by atoms with Gasteiger partial charge >= 0.3 is 0 Å². The van der Waals surface area contributed by atoms with Crippen molar-refractivity contribution in [3.8, 4) is 0 Å². The Morgan fingerprint density at radius 3 is 2.75 bits per heavy atom. The molecule has 2 aromatic heterocycles. The third kappa shape index (κ3) is 3.46. The van der Waals surface area contributed by atoms with Gasteiger partial charge in [0.25, 0.3) is 5.56 Å². The van der Waals surface area contributed by atoms with E-state index in [1.165, 1.54) is 4.88 Å². The summed E-state index contributed by atoms with van der Waals surface area (Å²) in [4.78, 5) is 36.0. The highest BCUT2D eigenvalue weighted by Gasteiger charge is 2.42. The van der Waals surface area contributed by atoms with Crippen molar-refractivity contribution in [3.05, 3.63) is 49.1 Å². The van der Waals surface area contributed by atoms with E-state index in [0.717, 1.165) is 34.7 Å². The zero-order valence-electron chi connectivity index (χ0n) is 16.6. The average Bonchev–Trinajstić information content (AvgIpc) is 3.03. The fourth-order valence-electron chi connectivity index (χ4n) is 4.05. The highest BCUT2D eigenvalue weighted by Crippen LogP contribution is 2.48. The number of carbonyl (C=O) groups is 1. The van der Waals surface area contributed by atoms with E-state index in [-0.39, 0.29) is 22.7 Å². The van der Waals surface area contributed by atoms with E-state index in [0.29, 0.717) is 23.0 Å². The molecule has 1 aliphatic heterocycles. The second-order valence-electron chi connectivity index (χ2n) is 8.32. The van der Waals surface area contributed by atoms with Crippen molar-refractivity contribution in [1.29, 1.82) is 0 Å². The van der Waals surface area contributed by atoms with Gasteiger partial charge < -0.3 is 10.3 Å². The number of hydrogen-bond acceptors (Lipinski definition) is 6. The first-order valence-corrected chi connectivity index (χ1v) is 11.5. The molecule has 2 aromatic rings. The molecule has 0 aromatic carbocycles. The largest absolute Gasteiger partial charge is 0.343 e. The molecular weight excluding hydrogens is 390 g/mol. The summed E-state index contributed by atoms with van der Waals surface area (Å²) in [5, 5.41) is 4.00. The van der Waals surface area contributed by atoms with Gasteiger partial charge in [-0.2, -0.15) is 0 Å². The first-order chi connectivity index (χ1) is 13.3. The second-order valence-corrected chi connectivity index (χ2v) is 10.7. The lowest BCUT2D eigenvalue weighted by Crippen LogP contribution is -2.36. The lowest BCUT2D eigenvalue weighted by atomic mass is 9.70. The Balaban J connectivity index is 1.90. The maximum atomic E-state index is 13.1. The summed E-state index contributed by atoms with van der Waals surface area (Å²) in [6.45, 7) is 8.38. The molecule has 1 unspecified atom stereocenters. The van der Waals surface area contributed by atoms with E-state index in [4.69, 9.17) is 4.98 Å². The van der Waals surface area contributed by atoms with Crippen LogP contribution < -0.4 is 10.9 Å². The second kappa shape index (κ2) is 7.19. The molecule has 0 radical (unpaired) electrons. The quantitative estimate of drug-likeness (QED) is 0.552.